The van der Waals surface area contributed by atoms with Gasteiger partial charge in [-0.05, 0) is 38.8 Å². The fourth-order valence-corrected chi connectivity index (χ4v) is 1.86. The van der Waals surface area contributed by atoms with Gasteiger partial charge in [0.1, 0.15) is 5.56 Å². The van der Waals surface area contributed by atoms with Gasteiger partial charge in [-0.2, -0.15) is 0 Å². The van der Waals surface area contributed by atoms with Crippen LogP contribution in [0.5, 0.6) is 0 Å². The van der Waals surface area contributed by atoms with E-state index in [0.717, 1.165) is 12.8 Å². The summed E-state index contributed by atoms with van der Waals surface area (Å²) < 4.78 is 5.38. The Balaban J connectivity index is 2.49. The van der Waals surface area contributed by atoms with Gasteiger partial charge >= 0.3 is 0 Å². The molecule has 0 heterocycles. The second-order valence-electron chi connectivity index (χ2n) is 4.80. The summed E-state index contributed by atoms with van der Waals surface area (Å²) in [7, 11) is 0. The lowest BCUT2D eigenvalue weighted by molar-refractivity contribution is -0.385. The third-order valence-corrected chi connectivity index (χ3v) is 2.94. The van der Waals surface area contributed by atoms with E-state index in [-0.39, 0.29) is 22.4 Å². The van der Waals surface area contributed by atoms with Crippen molar-refractivity contribution < 1.29 is 14.5 Å². The molecule has 6 nitrogen and oxygen atoms in total. The van der Waals surface area contributed by atoms with Gasteiger partial charge in [0.25, 0.3) is 11.6 Å². The zero-order chi connectivity index (χ0) is 15.8. The highest BCUT2D eigenvalue weighted by Crippen LogP contribution is 2.22. The standard InChI is InChI=1S/C14H19ClN2O4/c1-10(2)21-8-4-3-7-16-14(18)12-9-11(15)5-6-13(12)17(19)20/h5-6,9-10H,3-4,7-8H2,1-2H3,(H,16,18). The molecule has 1 N–H and O–H groups in total. The van der Waals surface area contributed by atoms with Gasteiger partial charge < -0.3 is 10.1 Å². The fraction of sp³-hybridized carbons (Fsp3) is 0.500. The third-order valence-electron chi connectivity index (χ3n) is 2.71. The summed E-state index contributed by atoms with van der Waals surface area (Å²) in [5.74, 6) is -0.492. The molecule has 1 aromatic carbocycles. The zero-order valence-corrected chi connectivity index (χ0v) is 12.9. The SMILES string of the molecule is CC(C)OCCCCNC(=O)c1cc(Cl)ccc1[N+](=O)[O-]. The number of carbonyl (C=O) groups excluding carboxylic acids is 1. The first kappa shape index (κ1) is 17.4. The van der Waals surface area contributed by atoms with Gasteiger partial charge in [0.05, 0.1) is 11.0 Å². The van der Waals surface area contributed by atoms with E-state index < -0.39 is 10.8 Å². The van der Waals surface area contributed by atoms with Crippen molar-refractivity contribution in [3.05, 3.63) is 38.9 Å². The number of nitrogens with zero attached hydrogens (tertiary/aromatic N) is 1. The Hall–Kier alpha value is -1.66. The Kier molecular flexibility index (Phi) is 7.11. The van der Waals surface area contributed by atoms with Crippen molar-refractivity contribution in [1.82, 2.24) is 5.32 Å². The predicted octanol–water partition coefficient (Wildman–Crippen LogP) is 3.18. The summed E-state index contributed by atoms with van der Waals surface area (Å²) in [6.07, 6.45) is 1.75. The molecule has 1 aromatic rings. The number of amides is 1. The number of benzene rings is 1. The fourth-order valence-electron chi connectivity index (χ4n) is 1.69. The maximum absolute atomic E-state index is 12.0. The van der Waals surface area contributed by atoms with Crippen LogP contribution in [0.15, 0.2) is 18.2 Å². The maximum Gasteiger partial charge on any atom is 0.282 e. The number of carbonyl (C=O) groups is 1. The highest BCUT2D eigenvalue weighted by molar-refractivity contribution is 6.31. The first-order valence-electron chi connectivity index (χ1n) is 6.75. The topological polar surface area (TPSA) is 81.5 Å². The number of halogens is 1. The zero-order valence-electron chi connectivity index (χ0n) is 12.1. The number of nitro groups is 1. The van der Waals surface area contributed by atoms with Gasteiger partial charge in [-0.1, -0.05) is 11.6 Å². The lowest BCUT2D eigenvalue weighted by atomic mass is 10.1. The van der Waals surface area contributed by atoms with Crippen LogP contribution in [0.25, 0.3) is 0 Å². The van der Waals surface area contributed by atoms with Crippen LogP contribution in [-0.2, 0) is 4.74 Å². The molecular weight excluding hydrogens is 296 g/mol. The number of ether oxygens (including phenoxy) is 1. The average Bonchev–Trinajstić information content (AvgIpc) is 2.41. The van der Waals surface area contributed by atoms with E-state index in [9.17, 15) is 14.9 Å². The van der Waals surface area contributed by atoms with Crippen molar-refractivity contribution in [2.24, 2.45) is 0 Å². The first-order valence-corrected chi connectivity index (χ1v) is 7.13. The molecular formula is C14H19ClN2O4. The third kappa shape index (κ3) is 6.10. The van der Waals surface area contributed by atoms with Gasteiger partial charge in [0.2, 0.25) is 0 Å². The molecule has 0 aliphatic rings. The van der Waals surface area contributed by atoms with E-state index in [0.29, 0.717) is 13.2 Å². The van der Waals surface area contributed by atoms with Gasteiger partial charge in [0.15, 0.2) is 0 Å². The van der Waals surface area contributed by atoms with Crippen LogP contribution in [0.3, 0.4) is 0 Å². The Morgan fingerprint density at radius 2 is 2.14 bits per heavy atom. The Morgan fingerprint density at radius 3 is 2.76 bits per heavy atom. The second-order valence-corrected chi connectivity index (χ2v) is 5.24. The van der Waals surface area contributed by atoms with Crippen molar-refractivity contribution in [3.63, 3.8) is 0 Å². The van der Waals surface area contributed by atoms with E-state index >= 15 is 0 Å². The summed E-state index contributed by atoms with van der Waals surface area (Å²) in [5.41, 5.74) is -0.272. The van der Waals surface area contributed by atoms with Crippen LogP contribution in [0, 0.1) is 10.1 Å². The molecule has 1 rings (SSSR count). The van der Waals surface area contributed by atoms with Crippen molar-refractivity contribution in [2.75, 3.05) is 13.2 Å². The molecule has 7 heteroatoms. The normalized spacial score (nSPS) is 10.7. The van der Waals surface area contributed by atoms with Gasteiger partial charge in [-0.3, -0.25) is 14.9 Å². The second kappa shape index (κ2) is 8.59. The maximum atomic E-state index is 12.0. The number of hydrogen-bond acceptors (Lipinski definition) is 4. The molecule has 0 spiro atoms. The molecule has 1 amide bonds. The molecule has 0 aromatic heterocycles. The molecule has 0 bridgehead atoms. The molecule has 0 unspecified atom stereocenters. The van der Waals surface area contributed by atoms with Crippen molar-refractivity contribution in [3.8, 4) is 0 Å². The number of nitrogens with one attached hydrogen (secondary N) is 1. The Labute approximate surface area is 128 Å². The van der Waals surface area contributed by atoms with E-state index in [1.54, 1.807) is 0 Å². The summed E-state index contributed by atoms with van der Waals surface area (Å²) in [6, 6.07) is 3.92. The van der Waals surface area contributed by atoms with Crippen molar-refractivity contribution in [1.29, 1.82) is 0 Å². The van der Waals surface area contributed by atoms with Gasteiger partial charge in [-0.15, -0.1) is 0 Å². The summed E-state index contributed by atoms with van der Waals surface area (Å²) in [5, 5.41) is 13.8. The van der Waals surface area contributed by atoms with Crippen molar-refractivity contribution >= 4 is 23.2 Å². The Bertz CT molecular complexity index is 506. The highest BCUT2D eigenvalue weighted by atomic mass is 35.5. The molecule has 0 atom stereocenters. The van der Waals surface area contributed by atoms with Crippen LogP contribution in [0.1, 0.15) is 37.0 Å². The summed E-state index contributed by atoms with van der Waals surface area (Å²) in [4.78, 5) is 22.2. The monoisotopic (exact) mass is 314 g/mol. The minimum Gasteiger partial charge on any atom is -0.379 e. The first-order chi connectivity index (χ1) is 9.91. The summed E-state index contributed by atoms with van der Waals surface area (Å²) >= 11 is 5.78. The lowest BCUT2D eigenvalue weighted by Crippen LogP contribution is -2.25. The minimum absolute atomic E-state index is 0.0223. The number of rotatable bonds is 8. The summed E-state index contributed by atoms with van der Waals surface area (Å²) in [6.45, 7) is 4.98. The molecule has 0 saturated heterocycles. The van der Waals surface area contributed by atoms with Gasteiger partial charge in [-0.25, -0.2) is 0 Å². The number of unbranched alkanes of at least 4 members (excludes halogenated alkanes) is 1. The lowest BCUT2D eigenvalue weighted by Gasteiger charge is -2.08. The van der Waals surface area contributed by atoms with Crippen LogP contribution in [0.4, 0.5) is 5.69 Å². The number of nitro benzene ring substituents is 1. The molecule has 0 radical (unpaired) electrons. The van der Waals surface area contributed by atoms with Gasteiger partial charge in [0, 0.05) is 24.2 Å². The average molecular weight is 315 g/mol. The smallest absolute Gasteiger partial charge is 0.282 e. The van der Waals surface area contributed by atoms with E-state index in [1.165, 1.54) is 18.2 Å². The minimum atomic E-state index is -0.596. The van der Waals surface area contributed by atoms with Crippen LogP contribution in [0.2, 0.25) is 5.02 Å². The molecule has 0 aliphatic carbocycles. The Morgan fingerprint density at radius 1 is 1.43 bits per heavy atom. The van der Waals surface area contributed by atoms with Crippen molar-refractivity contribution in [2.45, 2.75) is 32.8 Å². The van der Waals surface area contributed by atoms with E-state index in [1.807, 2.05) is 13.8 Å². The molecule has 21 heavy (non-hydrogen) atoms. The predicted molar refractivity (Wildman–Crippen MR) is 80.8 cm³/mol. The largest absolute Gasteiger partial charge is 0.379 e. The van der Waals surface area contributed by atoms with Crippen LogP contribution >= 0.6 is 11.6 Å². The quantitative estimate of drug-likeness (QED) is 0.454. The van der Waals surface area contributed by atoms with E-state index in [4.69, 9.17) is 16.3 Å². The molecule has 0 aliphatic heterocycles. The highest BCUT2D eigenvalue weighted by Gasteiger charge is 2.19. The van der Waals surface area contributed by atoms with E-state index in [2.05, 4.69) is 5.32 Å². The molecule has 116 valence electrons. The van der Waals surface area contributed by atoms with Crippen LogP contribution < -0.4 is 5.32 Å². The number of hydrogen-bond donors (Lipinski definition) is 1. The molecule has 0 saturated carbocycles. The molecule has 0 fully saturated rings. The van der Waals surface area contributed by atoms with Crippen LogP contribution in [-0.4, -0.2) is 30.1 Å².